The lowest BCUT2D eigenvalue weighted by Crippen LogP contribution is -2.39. The van der Waals surface area contributed by atoms with Crippen molar-refractivity contribution in [3.63, 3.8) is 0 Å². The molecule has 2 unspecified atom stereocenters. The van der Waals surface area contributed by atoms with Gasteiger partial charge in [0, 0.05) is 13.1 Å². The lowest BCUT2D eigenvalue weighted by Gasteiger charge is -2.30. The van der Waals surface area contributed by atoms with Crippen molar-refractivity contribution in [2.75, 3.05) is 32.6 Å². The predicted octanol–water partition coefficient (Wildman–Crippen LogP) is 1.24. The second-order valence-corrected chi connectivity index (χ2v) is 7.59. The van der Waals surface area contributed by atoms with Gasteiger partial charge >= 0.3 is 5.97 Å². The van der Waals surface area contributed by atoms with E-state index in [2.05, 4.69) is 0 Å². The van der Waals surface area contributed by atoms with Crippen LogP contribution in [0.15, 0.2) is 30.3 Å². The molecule has 1 fully saturated rings. The minimum Gasteiger partial charge on any atom is -0.481 e. The highest BCUT2D eigenvalue weighted by molar-refractivity contribution is 7.59. The second kappa shape index (κ2) is 7.18. The number of hydrogen-bond acceptors (Lipinski definition) is 4. The van der Waals surface area contributed by atoms with Crippen molar-refractivity contribution >= 4 is 13.3 Å². The summed E-state index contributed by atoms with van der Waals surface area (Å²) in [6, 6.07) is 8.94. The molecule has 0 spiro atoms. The number of aliphatic carboxylic acids is 1. The minimum atomic E-state index is -3.82. The van der Waals surface area contributed by atoms with Crippen LogP contribution in [0.4, 0.5) is 0 Å². The fourth-order valence-corrected chi connectivity index (χ4v) is 4.26. The maximum Gasteiger partial charge on any atom is 0.316 e. The quantitative estimate of drug-likeness (QED) is 0.769. The molecular weight excluding hydrogens is 293 g/mol. The molecule has 1 heterocycles. The van der Waals surface area contributed by atoms with E-state index < -0.39 is 19.0 Å². The zero-order chi connectivity index (χ0) is 15.3. The molecule has 1 saturated heterocycles. The first-order valence-electron chi connectivity index (χ1n) is 6.87. The fraction of sp³-hybridized carbons (Fsp3) is 0.500. The summed E-state index contributed by atoms with van der Waals surface area (Å²) in [4.78, 5) is 23.5. The molecule has 2 rings (SSSR count). The Kier molecular flexibility index (Phi) is 5.53. The average Bonchev–Trinajstić information content (AvgIpc) is 2.46. The van der Waals surface area contributed by atoms with Crippen molar-refractivity contribution in [3.05, 3.63) is 35.9 Å². The van der Waals surface area contributed by atoms with E-state index in [9.17, 15) is 19.4 Å². The SMILES string of the molecule is O=C(O)C(Cc1ccccc1)P(=O)(O)CN1CCOCC1. The van der Waals surface area contributed by atoms with E-state index in [1.54, 1.807) is 29.2 Å². The molecule has 0 amide bonds. The van der Waals surface area contributed by atoms with Gasteiger partial charge in [0.2, 0.25) is 7.37 Å². The predicted molar refractivity (Wildman–Crippen MR) is 78.7 cm³/mol. The van der Waals surface area contributed by atoms with Gasteiger partial charge < -0.3 is 14.7 Å². The summed E-state index contributed by atoms with van der Waals surface area (Å²) in [6.07, 6.45) is -0.0333. The molecular formula is C14H20NO5P. The zero-order valence-corrected chi connectivity index (χ0v) is 12.6. The van der Waals surface area contributed by atoms with Gasteiger partial charge in [0.1, 0.15) is 5.66 Å². The van der Waals surface area contributed by atoms with Gasteiger partial charge in [-0.05, 0) is 12.0 Å². The molecule has 2 atom stereocenters. The van der Waals surface area contributed by atoms with Crippen molar-refractivity contribution in [1.29, 1.82) is 0 Å². The molecule has 6 nitrogen and oxygen atoms in total. The van der Waals surface area contributed by atoms with Crippen molar-refractivity contribution in [2.24, 2.45) is 0 Å². The smallest absolute Gasteiger partial charge is 0.316 e. The zero-order valence-electron chi connectivity index (χ0n) is 11.7. The van der Waals surface area contributed by atoms with Gasteiger partial charge in [-0.3, -0.25) is 14.3 Å². The molecule has 0 bridgehead atoms. The summed E-state index contributed by atoms with van der Waals surface area (Å²) >= 11 is 0. The number of rotatable bonds is 6. The van der Waals surface area contributed by atoms with Crippen molar-refractivity contribution in [3.8, 4) is 0 Å². The van der Waals surface area contributed by atoms with E-state index in [1.807, 2.05) is 6.07 Å². The summed E-state index contributed by atoms with van der Waals surface area (Å²) in [5.74, 6) is -1.22. The number of carbonyl (C=O) groups is 1. The highest BCUT2D eigenvalue weighted by Crippen LogP contribution is 2.48. The van der Waals surface area contributed by atoms with E-state index >= 15 is 0 Å². The first kappa shape index (κ1) is 16.2. The van der Waals surface area contributed by atoms with Crippen LogP contribution in [0.3, 0.4) is 0 Å². The Bertz CT molecular complexity index is 515. The van der Waals surface area contributed by atoms with Crippen LogP contribution in [0.5, 0.6) is 0 Å². The van der Waals surface area contributed by atoms with Crippen LogP contribution in [0, 0.1) is 0 Å². The van der Waals surface area contributed by atoms with E-state index in [4.69, 9.17) is 4.74 Å². The summed E-state index contributed by atoms with van der Waals surface area (Å²) in [5.41, 5.74) is -0.524. The summed E-state index contributed by atoms with van der Waals surface area (Å²) in [5, 5.41) is 9.32. The molecule has 1 aliphatic rings. The molecule has 1 aromatic carbocycles. The third-order valence-corrected chi connectivity index (χ3v) is 5.73. The maximum absolute atomic E-state index is 12.5. The summed E-state index contributed by atoms with van der Waals surface area (Å²) in [7, 11) is -3.82. The van der Waals surface area contributed by atoms with Crippen molar-refractivity contribution < 1.29 is 24.1 Å². The Morgan fingerprint density at radius 1 is 1.29 bits per heavy atom. The Balaban J connectivity index is 2.08. The van der Waals surface area contributed by atoms with E-state index in [1.165, 1.54) is 0 Å². The number of nitrogens with zero attached hydrogens (tertiary/aromatic N) is 1. The van der Waals surface area contributed by atoms with Gasteiger partial charge in [-0.2, -0.15) is 0 Å². The standard InChI is InChI=1S/C14H20NO5P/c16-14(17)13(10-12-4-2-1-3-5-12)21(18,19)11-15-6-8-20-9-7-15/h1-5,13H,6-11H2,(H,16,17)(H,18,19). The van der Waals surface area contributed by atoms with Crippen LogP contribution >= 0.6 is 7.37 Å². The largest absolute Gasteiger partial charge is 0.481 e. The van der Waals surface area contributed by atoms with Gasteiger partial charge in [-0.15, -0.1) is 0 Å². The highest BCUT2D eigenvalue weighted by atomic mass is 31.2. The van der Waals surface area contributed by atoms with E-state index in [-0.39, 0.29) is 12.7 Å². The molecule has 1 aliphatic heterocycles. The molecule has 2 N–H and O–H groups in total. The van der Waals surface area contributed by atoms with Gasteiger partial charge in [0.05, 0.1) is 19.5 Å². The van der Waals surface area contributed by atoms with Crippen molar-refractivity contribution in [1.82, 2.24) is 4.90 Å². The summed E-state index contributed by atoms with van der Waals surface area (Å²) < 4.78 is 17.7. The second-order valence-electron chi connectivity index (χ2n) is 5.17. The topological polar surface area (TPSA) is 87.1 Å². The fourth-order valence-electron chi connectivity index (χ4n) is 2.37. The Morgan fingerprint density at radius 2 is 1.90 bits per heavy atom. The van der Waals surface area contributed by atoms with Gasteiger partial charge in [-0.25, -0.2) is 0 Å². The number of carboxylic acid groups (broad SMARTS) is 1. The molecule has 116 valence electrons. The summed E-state index contributed by atoms with van der Waals surface area (Å²) in [6.45, 7) is 2.14. The van der Waals surface area contributed by atoms with E-state index in [0.717, 1.165) is 5.56 Å². The van der Waals surface area contributed by atoms with Gasteiger partial charge in [0.25, 0.3) is 0 Å². The van der Waals surface area contributed by atoms with E-state index in [0.29, 0.717) is 26.3 Å². The number of benzene rings is 1. The maximum atomic E-state index is 12.5. The monoisotopic (exact) mass is 313 g/mol. The third-order valence-electron chi connectivity index (χ3n) is 3.55. The molecule has 7 heteroatoms. The van der Waals surface area contributed by atoms with Gasteiger partial charge in [-0.1, -0.05) is 30.3 Å². The Morgan fingerprint density at radius 3 is 2.48 bits per heavy atom. The minimum absolute atomic E-state index is 0.0638. The first-order valence-corrected chi connectivity index (χ1v) is 8.79. The normalized spacial score (nSPS) is 20.6. The molecule has 0 aromatic heterocycles. The van der Waals surface area contributed by atoms with Crippen LogP contribution in [0.25, 0.3) is 0 Å². The average molecular weight is 313 g/mol. The lowest BCUT2D eigenvalue weighted by molar-refractivity contribution is -0.136. The Hall–Kier alpha value is -1.20. The van der Waals surface area contributed by atoms with Crippen LogP contribution < -0.4 is 0 Å². The Labute approximate surface area is 123 Å². The molecule has 0 saturated carbocycles. The van der Waals surface area contributed by atoms with Crippen LogP contribution in [0.1, 0.15) is 5.56 Å². The molecule has 0 aliphatic carbocycles. The van der Waals surface area contributed by atoms with Gasteiger partial charge in [0.15, 0.2) is 0 Å². The van der Waals surface area contributed by atoms with Crippen molar-refractivity contribution in [2.45, 2.75) is 12.1 Å². The number of hydrogen-bond donors (Lipinski definition) is 2. The third kappa shape index (κ3) is 4.64. The first-order chi connectivity index (χ1) is 9.99. The number of carboxylic acids is 1. The molecule has 21 heavy (non-hydrogen) atoms. The van der Waals surface area contributed by atoms with Crippen LogP contribution in [-0.4, -0.2) is 59.1 Å². The molecule has 0 radical (unpaired) electrons. The molecule has 1 aromatic rings. The highest BCUT2D eigenvalue weighted by Gasteiger charge is 2.38. The number of morpholine rings is 1. The van der Waals surface area contributed by atoms with Crippen LogP contribution in [0.2, 0.25) is 0 Å². The lowest BCUT2D eigenvalue weighted by atomic mass is 10.1. The number of ether oxygens (including phenoxy) is 1. The van der Waals surface area contributed by atoms with Crippen LogP contribution in [-0.2, 0) is 20.5 Å².